The molecule has 0 aliphatic heterocycles. The van der Waals surface area contributed by atoms with E-state index in [2.05, 4.69) is 18.8 Å². The van der Waals surface area contributed by atoms with Crippen LogP contribution in [-0.4, -0.2) is 6.61 Å². The van der Waals surface area contributed by atoms with Crippen molar-refractivity contribution in [2.75, 3.05) is 6.61 Å². The minimum absolute atomic E-state index is 0.120. The first-order valence-electron chi connectivity index (χ1n) is 5.16. The Balaban J connectivity index is 2.58. The summed E-state index contributed by atoms with van der Waals surface area (Å²) >= 11 is 0. The highest BCUT2D eigenvalue weighted by Gasteiger charge is 2.02. The van der Waals surface area contributed by atoms with Gasteiger partial charge < -0.3 is 10.5 Å². The molecule has 1 aromatic carbocycles. The topological polar surface area (TPSA) is 35.2 Å². The Hall–Kier alpha value is -1.46. The van der Waals surface area contributed by atoms with Crippen molar-refractivity contribution in [2.24, 2.45) is 5.73 Å². The lowest BCUT2D eigenvalue weighted by molar-refractivity contribution is 0.370. The fourth-order valence-corrected chi connectivity index (χ4v) is 1.24. The van der Waals surface area contributed by atoms with Gasteiger partial charge >= 0.3 is 0 Å². The van der Waals surface area contributed by atoms with Crippen molar-refractivity contribution in [3.05, 3.63) is 29.8 Å². The molecule has 0 aliphatic rings. The number of rotatable bonds is 4. The molecule has 0 heterocycles. The average molecular weight is 203 g/mol. The Bertz CT molecular complexity index is 345. The van der Waals surface area contributed by atoms with Crippen LogP contribution in [0.1, 0.15) is 31.9 Å². The second kappa shape index (κ2) is 6.10. The van der Waals surface area contributed by atoms with Crippen molar-refractivity contribution in [3.8, 4) is 17.6 Å². The highest BCUT2D eigenvalue weighted by atomic mass is 16.5. The lowest BCUT2D eigenvalue weighted by atomic mass is 10.1. The molecule has 0 radical (unpaired) electrons. The molecule has 15 heavy (non-hydrogen) atoms. The van der Waals surface area contributed by atoms with E-state index in [-0.39, 0.29) is 6.04 Å². The summed E-state index contributed by atoms with van der Waals surface area (Å²) in [6.07, 6.45) is 0.946. The highest BCUT2D eigenvalue weighted by Crippen LogP contribution is 2.17. The molecular weight excluding hydrogens is 186 g/mol. The summed E-state index contributed by atoms with van der Waals surface area (Å²) in [5.74, 6) is 6.47. The summed E-state index contributed by atoms with van der Waals surface area (Å²) in [6, 6.07) is 7.99. The smallest absolute Gasteiger partial charge is 0.149 e. The molecule has 0 saturated carbocycles. The summed E-state index contributed by atoms with van der Waals surface area (Å²) < 4.78 is 5.40. The fraction of sp³-hybridized carbons (Fsp3) is 0.385. The van der Waals surface area contributed by atoms with Crippen LogP contribution in [0.5, 0.6) is 5.75 Å². The second-order valence-corrected chi connectivity index (χ2v) is 3.30. The maximum absolute atomic E-state index is 5.90. The van der Waals surface area contributed by atoms with Gasteiger partial charge in [-0.3, -0.25) is 0 Å². The Morgan fingerprint density at radius 3 is 2.53 bits per heavy atom. The summed E-state index contributed by atoms with van der Waals surface area (Å²) in [6.45, 7) is 4.31. The van der Waals surface area contributed by atoms with Crippen LogP contribution >= 0.6 is 0 Å². The van der Waals surface area contributed by atoms with E-state index in [0.29, 0.717) is 6.61 Å². The van der Waals surface area contributed by atoms with Crippen LogP contribution in [0.3, 0.4) is 0 Å². The van der Waals surface area contributed by atoms with Gasteiger partial charge in [0.25, 0.3) is 0 Å². The zero-order valence-electron chi connectivity index (χ0n) is 9.29. The van der Waals surface area contributed by atoms with E-state index in [1.165, 1.54) is 0 Å². The number of hydrogen-bond acceptors (Lipinski definition) is 2. The normalized spacial score (nSPS) is 11.4. The molecule has 0 saturated heterocycles. The maximum Gasteiger partial charge on any atom is 0.149 e. The molecule has 1 atom stereocenters. The van der Waals surface area contributed by atoms with Crippen LogP contribution in [0.15, 0.2) is 24.3 Å². The molecule has 0 fully saturated rings. The van der Waals surface area contributed by atoms with Gasteiger partial charge in [0, 0.05) is 6.04 Å². The Morgan fingerprint density at radius 1 is 1.33 bits per heavy atom. The highest BCUT2D eigenvalue weighted by molar-refractivity contribution is 5.29. The number of nitrogens with two attached hydrogens (primary N) is 1. The Labute approximate surface area is 91.4 Å². The summed E-state index contributed by atoms with van der Waals surface area (Å²) in [7, 11) is 0. The van der Waals surface area contributed by atoms with Crippen molar-refractivity contribution in [2.45, 2.75) is 26.3 Å². The first-order valence-corrected chi connectivity index (χ1v) is 5.16. The molecule has 1 aromatic rings. The molecule has 2 N–H and O–H groups in total. The molecular formula is C13H17NO. The summed E-state index contributed by atoms with van der Waals surface area (Å²) in [5, 5.41) is 0. The molecule has 80 valence electrons. The number of benzene rings is 1. The van der Waals surface area contributed by atoms with E-state index in [0.717, 1.165) is 17.7 Å². The Morgan fingerprint density at radius 2 is 2.00 bits per heavy atom. The predicted octanol–water partition coefficient (Wildman–Crippen LogP) is 2.50. The molecule has 0 spiro atoms. The van der Waals surface area contributed by atoms with Gasteiger partial charge in [-0.2, -0.15) is 0 Å². The van der Waals surface area contributed by atoms with E-state index in [9.17, 15) is 0 Å². The average Bonchev–Trinajstić information content (AvgIpc) is 2.29. The lowest BCUT2D eigenvalue weighted by Crippen LogP contribution is -2.08. The predicted molar refractivity (Wildman–Crippen MR) is 62.6 cm³/mol. The van der Waals surface area contributed by atoms with Crippen molar-refractivity contribution >= 4 is 0 Å². The first-order chi connectivity index (χ1) is 7.27. The van der Waals surface area contributed by atoms with Crippen LogP contribution in [-0.2, 0) is 0 Å². The molecule has 0 aromatic heterocycles. The van der Waals surface area contributed by atoms with Gasteiger partial charge in [0.1, 0.15) is 12.4 Å². The summed E-state index contributed by atoms with van der Waals surface area (Å²) in [4.78, 5) is 0. The van der Waals surface area contributed by atoms with Crippen molar-refractivity contribution < 1.29 is 4.74 Å². The third-order valence-corrected chi connectivity index (χ3v) is 2.24. The molecule has 2 heteroatoms. The van der Waals surface area contributed by atoms with Crippen molar-refractivity contribution in [3.63, 3.8) is 0 Å². The van der Waals surface area contributed by atoms with Crippen LogP contribution in [0.4, 0.5) is 0 Å². The van der Waals surface area contributed by atoms with Gasteiger partial charge in [-0.25, -0.2) is 0 Å². The van der Waals surface area contributed by atoms with Gasteiger partial charge in [0.15, 0.2) is 0 Å². The zero-order chi connectivity index (χ0) is 11.1. The molecule has 2 nitrogen and oxygen atoms in total. The van der Waals surface area contributed by atoms with E-state index in [1.54, 1.807) is 6.92 Å². The van der Waals surface area contributed by atoms with Crippen molar-refractivity contribution in [1.29, 1.82) is 0 Å². The number of ether oxygens (including phenoxy) is 1. The zero-order valence-corrected chi connectivity index (χ0v) is 9.29. The minimum Gasteiger partial charge on any atom is -0.481 e. The van der Waals surface area contributed by atoms with Gasteiger partial charge in [-0.1, -0.05) is 25.0 Å². The summed E-state index contributed by atoms with van der Waals surface area (Å²) in [5.41, 5.74) is 7.05. The maximum atomic E-state index is 5.90. The largest absolute Gasteiger partial charge is 0.481 e. The third-order valence-electron chi connectivity index (χ3n) is 2.24. The van der Waals surface area contributed by atoms with Crippen LogP contribution < -0.4 is 10.5 Å². The monoisotopic (exact) mass is 203 g/mol. The molecule has 0 amide bonds. The minimum atomic E-state index is 0.120. The molecule has 0 unspecified atom stereocenters. The molecule has 0 aliphatic carbocycles. The van der Waals surface area contributed by atoms with Gasteiger partial charge in [-0.05, 0) is 31.0 Å². The van der Waals surface area contributed by atoms with Gasteiger partial charge in [-0.15, -0.1) is 5.92 Å². The molecule has 1 rings (SSSR count). The standard InChI is InChI=1S/C13H17NO/c1-3-5-10-15-12-8-6-11(7-9-12)13(14)4-2/h6-9,13H,4,10,14H2,1-2H3/t13-/m0/s1. The quantitative estimate of drug-likeness (QED) is 0.763. The van der Waals surface area contributed by atoms with Crippen molar-refractivity contribution in [1.82, 2.24) is 0 Å². The van der Waals surface area contributed by atoms with E-state index < -0.39 is 0 Å². The lowest BCUT2D eigenvalue weighted by Gasteiger charge is -2.09. The fourth-order valence-electron chi connectivity index (χ4n) is 1.24. The first kappa shape index (κ1) is 11.6. The van der Waals surface area contributed by atoms with Gasteiger partial charge in [0.2, 0.25) is 0 Å². The molecule has 0 bridgehead atoms. The SMILES string of the molecule is CC#CCOc1ccc([C@@H](N)CC)cc1. The van der Waals surface area contributed by atoms with E-state index >= 15 is 0 Å². The van der Waals surface area contributed by atoms with E-state index in [1.807, 2.05) is 24.3 Å². The third kappa shape index (κ3) is 3.65. The van der Waals surface area contributed by atoms with Crippen LogP contribution in [0, 0.1) is 11.8 Å². The van der Waals surface area contributed by atoms with Crippen LogP contribution in [0.25, 0.3) is 0 Å². The van der Waals surface area contributed by atoms with E-state index in [4.69, 9.17) is 10.5 Å². The second-order valence-electron chi connectivity index (χ2n) is 3.30. The number of hydrogen-bond donors (Lipinski definition) is 1. The van der Waals surface area contributed by atoms with Crippen LogP contribution in [0.2, 0.25) is 0 Å². The Kier molecular flexibility index (Phi) is 4.73. The van der Waals surface area contributed by atoms with Gasteiger partial charge in [0.05, 0.1) is 0 Å².